The Hall–Kier alpha value is -2.85. The predicted octanol–water partition coefficient (Wildman–Crippen LogP) is 4.27. The maximum atomic E-state index is 12.5. The number of aromatic nitrogens is 1. The first-order valence-corrected chi connectivity index (χ1v) is 8.02. The van der Waals surface area contributed by atoms with E-state index in [0.717, 1.165) is 16.1 Å². The number of carbonyl (C=O) groups excluding carboxylic acids is 2. The maximum Gasteiger partial charge on any atom is 0.197 e. The van der Waals surface area contributed by atoms with Gasteiger partial charge in [-0.1, -0.05) is 54.6 Å². The Morgan fingerprint density at radius 1 is 0.826 bits per heavy atom. The third kappa shape index (κ3) is 2.24. The van der Waals surface area contributed by atoms with E-state index in [1.54, 1.807) is 35.9 Å². The van der Waals surface area contributed by atoms with Gasteiger partial charge in [-0.25, -0.2) is 4.98 Å². The number of allylic oxidation sites excluding steroid dienone is 1. The van der Waals surface area contributed by atoms with Gasteiger partial charge < -0.3 is 0 Å². The standard InChI is InChI=1S/C19H11NO2S/c21-18-13-8-4-5-9-14(13)19(22)15(18)10-16-17(20-11-23-16)12-6-2-1-3-7-12/h1-11H. The van der Waals surface area contributed by atoms with E-state index in [-0.39, 0.29) is 17.1 Å². The van der Waals surface area contributed by atoms with Gasteiger partial charge >= 0.3 is 0 Å². The lowest BCUT2D eigenvalue weighted by Crippen LogP contribution is -2.00. The lowest BCUT2D eigenvalue weighted by molar-refractivity contribution is 0.0990. The molecule has 23 heavy (non-hydrogen) atoms. The zero-order chi connectivity index (χ0) is 15.8. The molecule has 1 aliphatic rings. The van der Waals surface area contributed by atoms with Gasteiger partial charge in [0.05, 0.1) is 21.7 Å². The van der Waals surface area contributed by atoms with E-state index < -0.39 is 0 Å². The number of rotatable bonds is 2. The van der Waals surface area contributed by atoms with Crippen LogP contribution in [0.3, 0.4) is 0 Å². The van der Waals surface area contributed by atoms with Crippen molar-refractivity contribution in [2.45, 2.75) is 0 Å². The summed E-state index contributed by atoms with van der Waals surface area (Å²) < 4.78 is 0. The third-order valence-corrected chi connectivity index (χ3v) is 4.60. The van der Waals surface area contributed by atoms with Crippen molar-refractivity contribution in [3.63, 3.8) is 0 Å². The molecule has 3 nitrogen and oxygen atoms in total. The molecule has 0 atom stereocenters. The van der Waals surface area contributed by atoms with Gasteiger partial charge in [-0.05, 0) is 6.08 Å². The second-order valence-corrected chi connectivity index (χ2v) is 6.08. The number of thiazole rings is 1. The molecule has 0 N–H and O–H groups in total. The van der Waals surface area contributed by atoms with Gasteiger partial charge in [0.2, 0.25) is 0 Å². The normalized spacial score (nSPS) is 13.3. The van der Waals surface area contributed by atoms with Crippen LogP contribution in [0.15, 0.2) is 65.7 Å². The molecule has 3 aromatic rings. The second-order valence-electron chi connectivity index (χ2n) is 5.19. The van der Waals surface area contributed by atoms with Crippen LogP contribution < -0.4 is 0 Å². The molecule has 0 amide bonds. The molecule has 1 aromatic heterocycles. The lowest BCUT2D eigenvalue weighted by Gasteiger charge is -1.99. The summed E-state index contributed by atoms with van der Waals surface area (Å²) in [6, 6.07) is 16.7. The first-order valence-electron chi connectivity index (χ1n) is 7.15. The van der Waals surface area contributed by atoms with E-state index >= 15 is 0 Å². The van der Waals surface area contributed by atoms with Crippen LogP contribution in [-0.4, -0.2) is 16.6 Å². The number of nitrogens with zero attached hydrogens (tertiary/aromatic N) is 1. The number of carbonyl (C=O) groups is 2. The summed E-state index contributed by atoms with van der Waals surface area (Å²) in [6.07, 6.45) is 1.67. The molecule has 1 aliphatic carbocycles. The number of Topliss-reactive ketones (excluding diaryl/α,β-unsaturated/α-hetero) is 2. The number of hydrogen-bond donors (Lipinski definition) is 0. The molecular formula is C19H11NO2S. The van der Waals surface area contributed by atoms with Crippen LogP contribution in [0.1, 0.15) is 25.6 Å². The minimum Gasteiger partial charge on any atom is -0.288 e. The minimum absolute atomic E-state index is 0.210. The van der Waals surface area contributed by atoms with Crippen LogP contribution in [0.25, 0.3) is 17.3 Å². The minimum atomic E-state index is -0.210. The summed E-state index contributed by atoms with van der Waals surface area (Å²) in [4.78, 5) is 30.2. The highest BCUT2D eigenvalue weighted by atomic mass is 32.1. The molecule has 0 aliphatic heterocycles. The van der Waals surface area contributed by atoms with E-state index in [4.69, 9.17) is 0 Å². The number of benzene rings is 2. The highest BCUT2D eigenvalue weighted by Gasteiger charge is 2.32. The largest absolute Gasteiger partial charge is 0.288 e. The molecule has 1 heterocycles. The fourth-order valence-electron chi connectivity index (χ4n) is 2.71. The Kier molecular flexibility index (Phi) is 3.24. The van der Waals surface area contributed by atoms with Crippen molar-refractivity contribution in [2.24, 2.45) is 0 Å². The molecule has 4 rings (SSSR count). The van der Waals surface area contributed by atoms with Crippen LogP contribution in [0, 0.1) is 0 Å². The topological polar surface area (TPSA) is 47.0 Å². The van der Waals surface area contributed by atoms with Crippen LogP contribution in [0.5, 0.6) is 0 Å². The molecule has 0 spiro atoms. The first kappa shape index (κ1) is 13.8. The summed E-state index contributed by atoms with van der Waals surface area (Å²) in [5, 5.41) is 0. The summed E-state index contributed by atoms with van der Waals surface area (Å²) >= 11 is 1.42. The Labute approximate surface area is 136 Å². The van der Waals surface area contributed by atoms with Gasteiger partial charge in [-0.3, -0.25) is 9.59 Å². The lowest BCUT2D eigenvalue weighted by atomic mass is 10.1. The van der Waals surface area contributed by atoms with Gasteiger partial charge in [0, 0.05) is 16.7 Å². The molecule has 0 saturated carbocycles. The van der Waals surface area contributed by atoms with E-state index in [1.807, 2.05) is 30.3 Å². The molecular weight excluding hydrogens is 306 g/mol. The van der Waals surface area contributed by atoms with Crippen LogP contribution >= 0.6 is 11.3 Å². The van der Waals surface area contributed by atoms with Crippen molar-refractivity contribution in [1.82, 2.24) is 4.98 Å². The van der Waals surface area contributed by atoms with Crippen molar-refractivity contribution in [2.75, 3.05) is 0 Å². The third-order valence-electron chi connectivity index (χ3n) is 3.82. The van der Waals surface area contributed by atoms with Crippen molar-refractivity contribution >= 4 is 29.0 Å². The molecule has 4 heteroatoms. The van der Waals surface area contributed by atoms with Gasteiger partial charge in [0.25, 0.3) is 0 Å². The van der Waals surface area contributed by atoms with Crippen molar-refractivity contribution < 1.29 is 9.59 Å². The SMILES string of the molecule is O=C1C(=Cc2scnc2-c2ccccc2)C(=O)c2ccccc21. The quantitative estimate of drug-likeness (QED) is 0.524. The molecule has 2 aromatic carbocycles. The molecule has 0 radical (unpaired) electrons. The number of fused-ring (bicyclic) bond motifs is 1. The van der Waals surface area contributed by atoms with Crippen LogP contribution in [0.4, 0.5) is 0 Å². The molecule has 0 bridgehead atoms. The number of ketones is 2. The molecule has 0 saturated heterocycles. The van der Waals surface area contributed by atoms with Crippen LogP contribution in [0.2, 0.25) is 0 Å². The summed E-state index contributed by atoms with van der Waals surface area (Å²) in [5.74, 6) is -0.420. The van der Waals surface area contributed by atoms with Crippen LogP contribution in [-0.2, 0) is 0 Å². The van der Waals surface area contributed by atoms with E-state index in [2.05, 4.69) is 4.98 Å². The van der Waals surface area contributed by atoms with E-state index in [1.165, 1.54) is 11.3 Å². The average Bonchev–Trinajstić information content (AvgIpc) is 3.15. The number of hydrogen-bond acceptors (Lipinski definition) is 4. The predicted molar refractivity (Wildman–Crippen MR) is 90.6 cm³/mol. The smallest absolute Gasteiger partial charge is 0.197 e. The van der Waals surface area contributed by atoms with Gasteiger partial charge in [-0.2, -0.15) is 0 Å². The second kappa shape index (κ2) is 5.41. The van der Waals surface area contributed by atoms with Gasteiger partial charge in [0.15, 0.2) is 11.6 Å². The fourth-order valence-corrected chi connectivity index (χ4v) is 3.44. The zero-order valence-corrected chi connectivity index (χ0v) is 12.8. The summed E-state index contributed by atoms with van der Waals surface area (Å²) in [6.45, 7) is 0. The van der Waals surface area contributed by atoms with Crippen molar-refractivity contribution in [3.05, 3.63) is 81.7 Å². The molecule has 0 unspecified atom stereocenters. The highest BCUT2D eigenvalue weighted by molar-refractivity contribution is 7.11. The summed E-state index contributed by atoms with van der Waals surface area (Å²) in [5.41, 5.74) is 4.67. The first-order chi connectivity index (χ1) is 11.3. The average molecular weight is 317 g/mol. The molecule has 0 fully saturated rings. The Morgan fingerprint density at radius 3 is 2.09 bits per heavy atom. The van der Waals surface area contributed by atoms with E-state index in [0.29, 0.717) is 11.1 Å². The van der Waals surface area contributed by atoms with Crippen molar-refractivity contribution in [3.8, 4) is 11.3 Å². The molecule has 110 valence electrons. The zero-order valence-electron chi connectivity index (χ0n) is 12.0. The highest BCUT2D eigenvalue weighted by Crippen LogP contribution is 2.32. The fraction of sp³-hybridized carbons (Fsp3) is 0. The van der Waals surface area contributed by atoms with Crippen molar-refractivity contribution in [1.29, 1.82) is 0 Å². The monoisotopic (exact) mass is 317 g/mol. The summed E-state index contributed by atoms with van der Waals surface area (Å²) in [7, 11) is 0. The maximum absolute atomic E-state index is 12.5. The van der Waals surface area contributed by atoms with E-state index in [9.17, 15) is 9.59 Å². The van der Waals surface area contributed by atoms with Gasteiger partial charge in [-0.15, -0.1) is 11.3 Å². The Bertz CT molecular complexity index is 917. The van der Waals surface area contributed by atoms with Gasteiger partial charge in [0.1, 0.15) is 0 Å². The Balaban J connectivity index is 1.81. The Morgan fingerprint density at radius 2 is 1.43 bits per heavy atom.